The molecule has 2 heterocycles. The minimum Gasteiger partial charge on any atom is -0.480 e. The summed E-state index contributed by atoms with van der Waals surface area (Å²) in [6, 6.07) is 2.04. The maximum Gasteiger partial charge on any atom is 0.419 e. The van der Waals surface area contributed by atoms with E-state index < -0.39 is 83.2 Å². The summed E-state index contributed by atoms with van der Waals surface area (Å²) in [6.07, 6.45) is 1.45. The Morgan fingerprint density at radius 1 is 0.898 bits per heavy atom. The van der Waals surface area contributed by atoms with E-state index in [1.807, 2.05) is 20.8 Å². The highest BCUT2D eigenvalue weighted by Gasteiger charge is 2.41. The number of likely N-dealkylation sites (tertiary alicyclic amines) is 1. The van der Waals surface area contributed by atoms with Crippen LogP contribution in [0.3, 0.4) is 0 Å². The molecule has 0 radical (unpaired) electrons. The number of carboxylic acid groups (broad SMARTS) is 1. The van der Waals surface area contributed by atoms with E-state index >= 15 is 0 Å². The molecule has 0 spiro atoms. The maximum atomic E-state index is 14.4. The van der Waals surface area contributed by atoms with Crippen LogP contribution >= 0.6 is 0 Å². The fourth-order valence-electron chi connectivity index (χ4n) is 6.82. The highest BCUT2D eigenvalue weighted by Crippen LogP contribution is 2.26. The molecule has 0 saturated carbocycles. The Kier molecular flexibility index (Phi) is 16.9. The molecule has 1 fully saturated rings. The lowest BCUT2D eigenvalue weighted by molar-refractivity contribution is -0.148. The Bertz CT molecular complexity index is 1830. The number of rotatable bonds is 17. The average Bonchev–Trinajstić information content (AvgIpc) is 3.47. The van der Waals surface area contributed by atoms with Crippen molar-refractivity contribution >= 4 is 52.7 Å². The minimum atomic E-state index is -1.23. The molecule has 6 atom stereocenters. The number of benzene rings is 1. The number of nitrogens with one attached hydrogen (secondary N) is 4. The lowest BCUT2D eigenvalue weighted by Crippen LogP contribution is -2.62. The van der Waals surface area contributed by atoms with Crippen molar-refractivity contribution in [2.24, 2.45) is 17.6 Å². The molecule has 1 aliphatic rings. The summed E-state index contributed by atoms with van der Waals surface area (Å²) >= 11 is 0. The summed E-state index contributed by atoms with van der Waals surface area (Å²) in [6.45, 7) is 17.9. The van der Waals surface area contributed by atoms with Crippen LogP contribution < -0.4 is 27.0 Å². The van der Waals surface area contributed by atoms with Gasteiger partial charge >= 0.3 is 18.2 Å². The molecule has 17 nitrogen and oxygen atoms in total. The van der Waals surface area contributed by atoms with Crippen LogP contribution in [0, 0.1) is 11.8 Å². The largest absolute Gasteiger partial charge is 0.480 e. The molecule has 17 heteroatoms. The number of nitrogens with zero attached hydrogens (tertiary/aromatic N) is 2. The number of aromatic nitrogens is 1. The van der Waals surface area contributed by atoms with E-state index in [0.717, 1.165) is 0 Å². The zero-order valence-corrected chi connectivity index (χ0v) is 36.2. The zero-order valence-electron chi connectivity index (χ0n) is 36.2. The van der Waals surface area contributed by atoms with Gasteiger partial charge in [0.2, 0.25) is 23.6 Å². The third kappa shape index (κ3) is 14.9. The second-order valence-electron chi connectivity index (χ2n) is 17.9. The van der Waals surface area contributed by atoms with Gasteiger partial charge in [-0.25, -0.2) is 14.4 Å². The molecule has 1 saturated heterocycles. The van der Waals surface area contributed by atoms with Gasteiger partial charge in [-0.15, -0.1) is 0 Å². The predicted octanol–water partition coefficient (Wildman–Crippen LogP) is 3.83. The number of hydrogen-bond acceptors (Lipinski definition) is 10. The van der Waals surface area contributed by atoms with E-state index in [-0.39, 0.29) is 44.2 Å². The van der Waals surface area contributed by atoms with Gasteiger partial charge in [0, 0.05) is 31.1 Å². The Morgan fingerprint density at radius 2 is 1.54 bits per heavy atom. The van der Waals surface area contributed by atoms with Crippen molar-refractivity contribution in [2.75, 3.05) is 13.1 Å². The molecular weight excluding hydrogens is 763 g/mol. The monoisotopic (exact) mass is 827 g/mol. The normalized spacial score (nSPS) is 18.0. The zero-order chi connectivity index (χ0) is 44.4. The van der Waals surface area contributed by atoms with Crippen molar-refractivity contribution in [1.29, 1.82) is 0 Å². The SMILES string of the molecule is CC(C)C[C@@H](C(=O)N[C@@H](Cc1cn(C(=O)OC(C)(C)C)c2ccccc12)C(=O)NCCCC[C@@H](NC(=O)OC(C)(C)C)C(=O)O)N1CC(C)C[C@H](NC(=O)[C@H](C)N)C1=O. The molecule has 7 N–H and O–H groups in total. The molecule has 0 bridgehead atoms. The second kappa shape index (κ2) is 20.7. The second-order valence-corrected chi connectivity index (χ2v) is 17.9. The molecule has 1 aromatic carbocycles. The first-order valence-corrected chi connectivity index (χ1v) is 20.4. The molecule has 5 amide bonds. The van der Waals surface area contributed by atoms with E-state index in [0.29, 0.717) is 35.7 Å². The van der Waals surface area contributed by atoms with E-state index in [1.54, 1.807) is 72.0 Å². The topological polar surface area (TPSA) is 240 Å². The van der Waals surface area contributed by atoms with E-state index in [1.165, 1.54) is 16.4 Å². The van der Waals surface area contributed by atoms with Gasteiger partial charge in [-0.3, -0.25) is 23.7 Å². The number of ether oxygens (including phenoxy) is 2. The first-order valence-electron chi connectivity index (χ1n) is 20.4. The summed E-state index contributed by atoms with van der Waals surface area (Å²) in [5.74, 6) is -3.33. The van der Waals surface area contributed by atoms with Crippen molar-refractivity contribution in [3.05, 3.63) is 36.0 Å². The molecule has 1 aliphatic heterocycles. The molecule has 2 aromatic rings. The first-order chi connectivity index (χ1) is 27.4. The van der Waals surface area contributed by atoms with E-state index in [2.05, 4.69) is 21.3 Å². The lowest BCUT2D eigenvalue weighted by Gasteiger charge is -2.41. The molecule has 328 valence electrons. The number of unbranched alkanes of at least 4 members (excludes halogenated alkanes) is 1. The number of carbonyl (C=O) groups is 7. The van der Waals surface area contributed by atoms with Crippen molar-refractivity contribution in [3.8, 4) is 0 Å². The van der Waals surface area contributed by atoms with Crippen LogP contribution in [-0.4, -0.2) is 111 Å². The third-order valence-electron chi connectivity index (χ3n) is 9.48. The Balaban J connectivity index is 1.90. The summed E-state index contributed by atoms with van der Waals surface area (Å²) in [5.41, 5.74) is 5.29. The van der Waals surface area contributed by atoms with Crippen LogP contribution in [0.15, 0.2) is 30.5 Å². The van der Waals surface area contributed by atoms with Crippen LogP contribution in [0.25, 0.3) is 10.9 Å². The number of aliphatic carboxylic acids is 1. The maximum absolute atomic E-state index is 14.4. The molecule has 59 heavy (non-hydrogen) atoms. The van der Waals surface area contributed by atoms with Gasteiger partial charge in [-0.1, -0.05) is 39.0 Å². The summed E-state index contributed by atoms with van der Waals surface area (Å²) in [7, 11) is 0. The highest BCUT2D eigenvalue weighted by atomic mass is 16.6. The van der Waals surface area contributed by atoms with Crippen molar-refractivity contribution < 1.29 is 48.1 Å². The van der Waals surface area contributed by atoms with Crippen molar-refractivity contribution in [3.63, 3.8) is 0 Å². The Labute approximate surface area is 346 Å². The number of amides is 5. The van der Waals surface area contributed by atoms with Crippen molar-refractivity contribution in [2.45, 2.75) is 149 Å². The Morgan fingerprint density at radius 3 is 2.14 bits per heavy atom. The fraction of sp³-hybridized carbons (Fsp3) is 0.643. The van der Waals surface area contributed by atoms with Crippen LogP contribution in [0.4, 0.5) is 9.59 Å². The van der Waals surface area contributed by atoms with Crippen LogP contribution in [0.2, 0.25) is 0 Å². The predicted molar refractivity (Wildman–Crippen MR) is 221 cm³/mol. The number of para-hydroxylation sites is 1. The quantitative estimate of drug-likeness (QED) is 0.125. The van der Waals surface area contributed by atoms with Crippen LogP contribution in [0.5, 0.6) is 0 Å². The van der Waals surface area contributed by atoms with Crippen molar-refractivity contribution in [1.82, 2.24) is 30.7 Å². The van der Waals surface area contributed by atoms with Gasteiger partial charge in [0.15, 0.2) is 0 Å². The van der Waals surface area contributed by atoms with Gasteiger partial charge in [0.05, 0.1) is 11.6 Å². The van der Waals surface area contributed by atoms with E-state index in [9.17, 15) is 38.7 Å². The first kappa shape index (κ1) is 48.2. The number of nitrogens with two attached hydrogens (primary N) is 1. The van der Waals surface area contributed by atoms with Gasteiger partial charge < -0.3 is 46.5 Å². The smallest absolute Gasteiger partial charge is 0.419 e. The van der Waals surface area contributed by atoms with Gasteiger partial charge in [0.25, 0.3) is 0 Å². The minimum absolute atomic E-state index is 0.0357. The summed E-state index contributed by atoms with van der Waals surface area (Å²) in [5, 5.41) is 21.2. The highest BCUT2D eigenvalue weighted by molar-refractivity contribution is 5.96. The third-order valence-corrected chi connectivity index (χ3v) is 9.48. The fourth-order valence-corrected chi connectivity index (χ4v) is 6.82. The van der Waals surface area contributed by atoms with Crippen LogP contribution in [-0.2, 0) is 39.9 Å². The number of carboxylic acids is 1. The van der Waals surface area contributed by atoms with Gasteiger partial charge in [-0.2, -0.15) is 0 Å². The Hall–Kier alpha value is -5.19. The van der Waals surface area contributed by atoms with E-state index in [4.69, 9.17) is 15.2 Å². The average molecular weight is 828 g/mol. The molecule has 3 rings (SSSR count). The number of carbonyl (C=O) groups excluding carboxylic acids is 6. The standard InChI is InChI=1S/C42H65N7O10/c1-24(2)19-33(48-22-25(3)20-31(37(48)53)46-34(50)26(4)43)36(52)45-30(21-27-23-49(40(57)59-42(8,9)10)32-17-12-11-15-28(27)32)35(51)44-18-14-13-16-29(38(54)55)47-39(56)58-41(5,6)7/h11-12,15,17,23-26,29-31,33H,13-14,16,18-22,43H2,1-10H3,(H,44,51)(H,45,52)(H,46,50)(H,47,56)(H,54,55)/t25?,26-,29+,30-,31-,33-/m0/s1. The molecule has 0 aliphatic carbocycles. The number of fused-ring (bicyclic) bond motifs is 1. The summed E-state index contributed by atoms with van der Waals surface area (Å²) in [4.78, 5) is 93.8. The lowest BCUT2D eigenvalue weighted by atomic mass is 9.91. The molecule has 1 aromatic heterocycles. The molecular formula is C42H65N7O10. The van der Waals surface area contributed by atoms with Gasteiger partial charge in [-0.05, 0) is 104 Å². The van der Waals surface area contributed by atoms with Gasteiger partial charge in [0.1, 0.15) is 35.4 Å². The summed E-state index contributed by atoms with van der Waals surface area (Å²) < 4.78 is 12.2. The number of hydrogen-bond donors (Lipinski definition) is 6. The van der Waals surface area contributed by atoms with Crippen LogP contribution in [0.1, 0.15) is 107 Å². The molecule has 1 unspecified atom stereocenters. The number of piperidine rings is 1. The number of alkyl carbamates (subject to hydrolysis) is 1.